The summed E-state index contributed by atoms with van der Waals surface area (Å²) in [6.45, 7) is 2.83. The van der Waals surface area contributed by atoms with Crippen LogP contribution in [0.3, 0.4) is 0 Å². The third kappa shape index (κ3) is 3.24. The van der Waals surface area contributed by atoms with Gasteiger partial charge in [-0.1, -0.05) is 43.0 Å². The van der Waals surface area contributed by atoms with Gasteiger partial charge in [0.1, 0.15) is 6.17 Å². The van der Waals surface area contributed by atoms with Crippen molar-refractivity contribution in [2.24, 2.45) is 5.92 Å². The number of halogens is 1. The molecule has 1 saturated carbocycles. The molecular formula is C17H23ClN2O. The number of hydrogen-bond acceptors (Lipinski definition) is 2. The van der Waals surface area contributed by atoms with Crippen molar-refractivity contribution in [3.05, 3.63) is 34.9 Å². The second-order valence-electron chi connectivity index (χ2n) is 6.34. The molecule has 2 atom stereocenters. The lowest BCUT2D eigenvalue weighted by molar-refractivity contribution is -0.130. The molecule has 1 aromatic carbocycles. The first kappa shape index (κ1) is 14.9. The molecule has 1 aromatic rings. The Bertz CT molecular complexity index is 496. The number of benzene rings is 1. The molecule has 3 nitrogen and oxygen atoms in total. The van der Waals surface area contributed by atoms with Gasteiger partial charge in [0.05, 0.1) is 6.04 Å². The van der Waals surface area contributed by atoms with Crippen LogP contribution in [0.2, 0.25) is 5.02 Å². The highest BCUT2D eigenvalue weighted by Gasteiger charge is 2.38. The molecule has 0 spiro atoms. The second-order valence-corrected chi connectivity index (χ2v) is 6.77. The fraction of sp³-hybridized carbons (Fsp3) is 0.588. The lowest BCUT2D eigenvalue weighted by Gasteiger charge is -2.31. The van der Waals surface area contributed by atoms with Gasteiger partial charge < -0.3 is 4.90 Å². The minimum Gasteiger partial charge on any atom is -0.321 e. The van der Waals surface area contributed by atoms with Crippen LogP contribution in [0.1, 0.15) is 50.8 Å². The number of carbonyl (C=O) groups excluding carboxylic acids is 1. The molecule has 1 aliphatic heterocycles. The number of hydrogen-bond donors (Lipinski definition) is 1. The van der Waals surface area contributed by atoms with Crippen LogP contribution >= 0.6 is 11.6 Å². The molecule has 1 heterocycles. The Balaban J connectivity index is 1.77. The monoisotopic (exact) mass is 306 g/mol. The average Bonchev–Trinajstić information content (AvgIpc) is 2.78. The Morgan fingerprint density at radius 2 is 1.86 bits per heavy atom. The van der Waals surface area contributed by atoms with E-state index in [0.29, 0.717) is 5.92 Å². The summed E-state index contributed by atoms with van der Waals surface area (Å²) in [4.78, 5) is 14.5. The van der Waals surface area contributed by atoms with Crippen molar-refractivity contribution in [3.63, 3.8) is 0 Å². The summed E-state index contributed by atoms with van der Waals surface area (Å²) >= 11 is 5.97. The maximum atomic E-state index is 12.5. The Morgan fingerprint density at radius 3 is 2.52 bits per heavy atom. The zero-order valence-electron chi connectivity index (χ0n) is 12.5. The predicted octanol–water partition coefficient (Wildman–Crippen LogP) is 3.74. The van der Waals surface area contributed by atoms with Crippen molar-refractivity contribution in [1.82, 2.24) is 10.2 Å². The number of nitrogens with zero attached hydrogens (tertiary/aromatic N) is 1. The van der Waals surface area contributed by atoms with Gasteiger partial charge in [0.25, 0.3) is 0 Å². The summed E-state index contributed by atoms with van der Waals surface area (Å²) in [6.07, 6.45) is 6.46. The fourth-order valence-corrected chi connectivity index (χ4v) is 3.66. The van der Waals surface area contributed by atoms with Crippen LogP contribution in [0.5, 0.6) is 0 Å². The quantitative estimate of drug-likeness (QED) is 0.922. The third-order valence-electron chi connectivity index (χ3n) is 4.74. The third-order valence-corrected chi connectivity index (χ3v) is 4.99. The van der Waals surface area contributed by atoms with Crippen LogP contribution in [0.25, 0.3) is 0 Å². The Hall–Kier alpha value is -1.06. The molecule has 1 saturated heterocycles. The molecule has 0 aromatic heterocycles. The van der Waals surface area contributed by atoms with Gasteiger partial charge in [-0.3, -0.25) is 10.1 Å². The molecule has 0 radical (unpaired) electrons. The van der Waals surface area contributed by atoms with E-state index in [4.69, 9.17) is 11.6 Å². The van der Waals surface area contributed by atoms with Gasteiger partial charge in [0.2, 0.25) is 5.91 Å². The summed E-state index contributed by atoms with van der Waals surface area (Å²) < 4.78 is 0. The van der Waals surface area contributed by atoms with Crippen LogP contribution in [-0.2, 0) is 4.79 Å². The summed E-state index contributed by atoms with van der Waals surface area (Å²) in [6, 6.07) is 7.71. The predicted molar refractivity (Wildman–Crippen MR) is 85.1 cm³/mol. The van der Waals surface area contributed by atoms with Crippen LogP contribution in [0, 0.1) is 5.92 Å². The van der Waals surface area contributed by atoms with E-state index < -0.39 is 0 Å². The Labute approximate surface area is 131 Å². The van der Waals surface area contributed by atoms with Crippen molar-refractivity contribution >= 4 is 17.5 Å². The van der Waals surface area contributed by atoms with E-state index in [-0.39, 0.29) is 18.1 Å². The van der Waals surface area contributed by atoms with E-state index in [9.17, 15) is 4.79 Å². The zero-order valence-corrected chi connectivity index (χ0v) is 13.3. The highest BCUT2D eigenvalue weighted by molar-refractivity contribution is 6.30. The van der Waals surface area contributed by atoms with E-state index in [1.54, 1.807) is 0 Å². The highest BCUT2D eigenvalue weighted by Crippen LogP contribution is 2.31. The first-order valence-electron chi connectivity index (χ1n) is 7.97. The number of rotatable bonds is 3. The van der Waals surface area contributed by atoms with E-state index in [2.05, 4.69) is 5.32 Å². The fourth-order valence-electron chi connectivity index (χ4n) is 3.54. The van der Waals surface area contributed by atoms with E-state index in [1.165, 1.54) is 32.1 Å². The van der Waals surface area contributed by atoms with Crippen LogP contribution in [0.15, 0.2) is 24.3 Å². The number of nitrogens with one attached hydrogen (secondary N) is 1. The standard InChI is InChI=1S/C17H23ClN2O/c1-12-17(21)20(11-13-5-3-2-4-6-13)16(19-12)14-7-9-15(18)10-8-14/h7-10,12-13,16,19H,2-6,11H2,1H3. The molecule has 2 aliphatic rings. The second kappa shape index (κ2) is 6.37. The molecule has 2 fully saturated rings. The van der Waals surface area contributed by atoms with Crippen LogP contribution in [-0.4, -0.2) is 23.4 Å². The molecule has 2 unspecified atom stereocenters. The topological polar surface area (TPSA) is 32.3 Å². The molecular weight excluding hydrogens is 284 g/mol. The van der Waals surface area contributed by atoms with Gasteiger partial charge in [-0.2, -0.15) is 0 Å². The zero-order chi connectivity index (χ0) is 14.8. The van der Waals surface area contributed by atoms with Crippen molar-refractivity contribution in [2.75, 3.05) is 6.54 Å². The smallest absolute Gasteiger partial charge is 0.241 e. The molecule has 114 valence electrons. The average molecular weight is 307 g/mol. The van der Waals surface area contributed by atoms with Gasteiger partial charge in [0, 0.05) is 11.6 Å². The first-order valence-corrected chi connectivity index (χ1v) is 8.35. The maximum absolute atomic E-state index is 12.5. The molecule has 1 N–H and O–H groups in total. The van der Waals surface area contributed by atoms with Gasteiger partial charge in [-0.25, -0.2) is 0 Å². The van der Waals surface area contributed by atoms with Crippen LogP contribution in [0.4, 0.5) is 0 Å². The van der Waals surface area contributed by atoms with Crippen molar-refractivity contribution in [3.8, 4) is 0 Å². The normalized spacial score (nSPS) is 27.3. The highest BCUT2D eigenvalue weighted by atomic mass is 35.5. The van der Waals surface area contributed by atoms with Gasteiger partial charge in [0.15, 0.2) is 0 Å². The molecule has 0 bridgehead atoms. The Kier molecular flexibility index (Phi) is 4.51. The van der Waals surface area contributed by atoms with Gasteiger partial charge in [-0.05, 0) is 43.4 Å². The molecule has 1 amide bonds. The molecule has 21 heavy (non-hydrogen) atoms. The van der Waals surface area contributed by atoms with Gasteiger partial charge >= 0.3 is 0 Å². The van der Waals surface area contributed by atoms with Crippen molar-refractivity contribution in [2.45, 2.75) is 51.2 Å². The van der Waals surface area contributed by atoms with E-state index >= 15 is 0 Å². The molecule has 4 heteroatoms. The SMILES string of the molecule is CC1NC(c2ccc(Cl)cc2)N(CC2CCCCC2)C1=O. The largest absolute Gasteiger partial charge is 0.321 e. The lowest BCUT2D eigenvalue weighted by atomic mass is 9.88. The minimum atomic E-state index is -0.103. The summed E-state index contributed by atoms with van der Waals surface area (Å²) in [7, 11) is 0. The molecule has 3 rings (SSSR count). The molecule has 1 aliphatic carbocycles. The van der Waals surface area contributed by atoms with E-state index in [1.807, 2.05) is 36.1 Å². The summed E-state index contributed by atoms with van der Waals surface area (Å²) in [5.41, 5.74) is 1.12. The van der Waals surface area contributed by atoms with Gasteiger partial charge in [-0.15, -0.1) is 0 Å². The van der Waals surface area contributed by atoms with Crippen LogP contribution < -0.4 is 5.32 Å². The first-order chi connectivity index (χ1) is 10.1. The van der Waals surface area contributed by atoms with E-state index in [0.717, 1.165) is 17.1 Å². The summed E-state index contributed by atoms with van der Waals surface area (Å²) in [5, 5.41) is 4.14. The Morgan fingerprint density at radius 1 is 1.19 bits per heavy atom. The number of carbonyl (C=O) groups is 1. The van der Waals surface area contributed by atoms with Crippen molar-refractivity contribution < 1.29 is 4.79 Å². The lowest BCUT2D eigenvalue weighted by Crippen LogP contribution is -2.35. The van der Waals surface area contributed by atoms with Crippen molar-refractivity contribution in [1.29, 1.82) is 0 Å². The minimum absolute atomic E-state index is 0.00769. The summed E-state index contributed by atoms with van der Waals surface area (Å²) in [5.74, 6) is 0.880. The number of amides is 1. The maximum Gasteiger partial charge on any atom is 0.241 e.